The Morgan fingerprint density at radius 1 is 0.330 bits per heavy atom. The van der Waals surface area contributed by atoms with Crippen molar-refractivity contribution in [1.82, 2.24) is 0 Å². The topological polar surface area (TPSA) is 111 Å². The van der Waals surface area contributed by atoms with Gasteiger partial charge in [-0.3, -0.25) is 9.59 Å². The van der Waals surface area contributed by atoms with E-state index in [-0.39, 0.29) is 38.6 Å². The highest BCUT2D eigenvalue weighted by atomic mass is 16.7. The van der Waals surface area contributed by atoms with Crippen LogP contribution in [0.1, 0.15) is 309 Å². The highest BCUT2D eigenvalue weighted by Gasteiger charge is 2.22. The maximum Gasteiger partial charge on any atom is 0.306 e. The fourth-order valence-corrected chi connectivity index (χ4v) is 10.3. The summed E-state index contributed by atoms with van der Waals surface area (Å²) in [5, 5.41) is 11.8. The molecule has 0 heterocycles. The van der Waals surface area contributed by atoms with Gasteiger partial charge in [-0.15, -0.1) is 0 Å². The SMILES string of the molecule is CC/C=C\C/C=C\C/C=C\C/C=C\C/C=C\C/C=C\CCCCCCCCCCCCCCCCCCCCC(=O)OC(COC(=O)CCCCCCCCCCCCCCC/C=C\C/C=C\C/C=C\C/C=C\C/C=C\CC)COC(OCC[N+](C)(C)C)C(=O)[O-]. The number of rotatable bonds is 68. The first-order valence-electron chi connectivity index (χ1n) is 37.3. The van der Waals surface area contributed by atoms with Gasteiger partial charge in [0.25, 0.3) is 0 Å². The molecule has 91 heavy (non-hydrogen) atoms. The number of carboxylic acids is 1. The van der Waals surface area contributed by atoms with Crippen LogP contribution in [0, 0.1) is 0 Å². The Kier molecular flexibility index (Phi) is 67.7. The molecule has 0 saturated carbocycles. The number of carbonyl (C=O) groups is 3. The standard InChI is InChI=1S/C82H139NO8/c1-6-8-10-12-14-16-18-20-22-24-26-28-30-32-34-36-37-38-39-40-41-42-43-45-47-49-51-53-55-57-59-61-63-65-67-69-71-73-80(85)91-78(77-90-82(81(86)87)88-75-74-83(3,4)5)76-89-79(84)72-70-68-66-64-62-60-58-56-54-52-50-48-46-44-35-33-31-29-27-25-23-21-19-17-15-13-11-9-7-2/h8-11,14-17,20-23,26-29,32-35,37-38,78,82H,6-7,12-13,18-19,24-25,30-31,36,39-77H2,1-5H3/b10-8-,11-9-,16-14-,17-15-,22-20-,23-21-,28-26-,29-27-,34-32-,35-33-,38-37-. The van der Waals surface area contributed by atoms with Crippen LogP contribution in [-0.2, 0) is 33.3 Å². The van der Waals surface area contributed by atoms with Gasteiger partial charge < -0.3 is 33.3 Å². The van der Waals surface area contributed by atoms with E-state index >= 15 is 0 Å². The fourth-order valence-electron chi connectivity index (χ4n) is 10.3. The Morgan fingerprint density at radius 2 is 0.593 bits per heavy atom. The number of hydrogen-bond donors (Lipinski definition) is 0. The van der Waals surface area contributed by atoms with E-state index in [4.69, 9.17) is 18.9 Å². The van der Waals surface area contributed by atoms with Gasteiger partial charge in [-0.1, -0.05) is 321 Å². The average Bonchev–Trinajstić information content (AvgIpc) is 3.50. The summed E-state index contributed by atoms with van der Waals surface area (Å²) in [6.07, 6.45) is 99.7. The lowest BCUT2D eigenvalue weighted by atomic mass is 10.0. The molecule has 9 nitrogen and oxygen atoms in total. The zero-order valence-electron chi connectivity index (χ0n) is 59.4. The van der Waals surface area contributed by atoms with Gasteiger partial charge >= 0.3 is 11.9 Å². The monoisotopic (exact) mass is 1270 g/mol. The van der Waals surface area contributed by atoms with Gasteiger partial charge in [0.1, 0.15) is 13.2 Å². The quantitative estimate of drug-likeness (QED) is 0.0195. The molecule has 0 aromatic rings. The molecule has 520 valence electrons. The molecule has 0 aliphatic heterocycles. The second kappa shape index (κ2) is 71.3. The summed E-state index contributed by atoms with van der Waals surface area (Å²) in [5.41, 5.74) is 0. The molecular formula is C82H139NO8. The molecule has 0 spiro atoms. The Hall–Kier alpha value is -4.57. The Bertz CT molecular complexity index is 1960. The van der Waals surface area contributed by atoms with E-state index in [9.17, 15) is 19.5 Å². The number of esters is 2. The molecule has 2 unspecified atom stereocenters. The number of quaternary nitrogens is 1. The zero-order valence-corrected chi connectivity index (χ0v) is 59.4. The lowest BCUT2D eigenvalue weighted by Gasteiger charge is -2.26. The predicted molar refractivity (Wildman–Crippen MR) is 389 cm³/mol. The Balaban J connectivity index is 4.07. The van der Waals surface area contributed by atoms with Crippen LogP contribution < -0.4 is 5.11 Å². The summed E-state index contributed by atoms with van der Waals surface area (Å²) in [6.45, 7) is 4.54. The largest absolute Gasteiger partial charge is 0.545 e. The van der Waals surface area contributed by atoms with Crippen LogP contribution in [0.5, 0.6) is 0 Å². The van der Waals surface area contributed by atoms with Crippen molar-refractivity contribution in [3.05, 3.63) is 134 Å². The lowest BCUT2D eigenvalue weighted by Crippen LogP contribution is -2.44. The van der Waals surface area contributed by atoms with E-state index in [1.807, 2.05) is 21.1 Å². The zero-order chi connectivity index (χ0) is 66.1. The van der Waals surface area contributed by atoms with E-state index in [2.05, 4.69) is 148 Å². The van der Waals surface area contributed by atoms with Crippen molar-refractivity contribution in [2.75, 3.05) is 47.5 Å². The molecule has 0 aliphatic carbocycles. The van der Waals surface area contributed by atoms with E-state index < -0.39 is 24.3 Å². The fraction of sp³-hybridized carbons (Fsp3) is 0.695. The minimum absolute atomic E-state index is 0.144. The van der Waals surface area contributed by atoms with Crippen molar-refractivity contribution >= 4 is 17.9 Å². The molecule has 0 amide bonds. The minimum Gasteiger partial charge on any atom is -0.545 e. The highest BCUT2D eigenvalue weighted by Crippen LogP contribution is 2.18. The molecule has 9 heteroatoms. The van der Waals surface area contributed by atoms with Gasteiger partial charge in [-0.25, -0.2) is 0 Å². The molecule has 0 rings (SSSR count). The number of hydrogen-bond acceptors (Lipinski definition) is 8. The minimum atomic E-state index is -1.63. The second-order valence-corrected chi connectivity index (χ2v) is 25.8. The number of likely N-dealkylation sites (N-methyl/N-ethyl adjacent to an activating group) is 1. The molecule has 0 N–H and O–H groups in total. The Labute approximate surface area is 560 Å². The van der Waals surface area contributed by atoms with Crippen LogP contribution in [0.3, 0.4) is 0 Å². The number of nitrogens with zero attached hydrogens (tertiary/aromatic N) is 1. The van der Waals surface area contributed by atoms with Crippen LogP contribution in [0.2, 0.25) is 0 Å². The predicted octanol–water partition coefficient (Wildman–Crippen LogP) is 22.4. The van der Waals surface area contributed by atoms with Gasteiger partial charge in [-0.2, -0.15) is 0 Å². The van der Waals surface area contributed by atoms with Crippen LogP contribution in [-0.4, -0.2) is 82.3 Å². The normalized spacial score (nSPS) is 13.5. The van der Waals surface area contributed by atoms with Gasteiger partial charge in [0.05, 0.1) is 40.3 Å². The van der Waals surface area contributed by atoms with Crippen molar-refractivity contribution in [1.29, 1.82) is 0 Å². The highest BCUT2D eigenvalue weighted by molar-refractivity contribution is 5.70. The first-order valence-corrected chi connectivity index (χ1v) is 37.3. The van der Waals surface area contributed by atoms with E-state index in [1.54, 1.807) is 0 Å². The molecular weight excluding hydrogens is 1130 g/mol. The lowest BCUT2D eigenvalue weighted by molar-refractivity contribution is -0.870. The van der Waals surface area contributed by atoms with Crippen molar-refractivity contribution in [3.8, 4) is 0 Å². The third-order valence-electron chi connectivity index (χ3n) is 15.9. The van der Waals surface area contributed by atoms with E-state index in [0.29, 0.717) is 17.4 Å². The molecule has 0 aromatic heterocycles. The van der Waals surface area contributed by atoms with Gasteiger partial charge in [-0.05, 0) is 109 Å². The van der Waals surface area contributed by atoms with E-state index in [1.165, 1.54) is 167 Å². The van der Waals surface area contributed by atoms with E-state index in [0.717, 1.165) is 109 Å². The summed E-state index contributed by atoms with van der Waals surface area (Å²) in [5.74, 6) is -2.28. The number of carboxylic acid groups (broad SMARTS) is 1. The number of ether oxygens (including phenoxy) is 4. The molecule has 0 aromatic carbocycles. The van der Waals surface area contributed by atoms with Gasteiger partial charge in [0, 0.05) is 12.8 Å². The van der Waals surface area contributed by atoms with Crippen LogP contribution in [0.4, 0.5) is 0 Å². The molecule has 0 saturated heterocycles. The molecule has 2 atom stereocenters. The van der Waals surface area contributed by atoms with Crippen molar-refractivity contribution in [2.24, 2.45) is 0 Å². The Morgan fingerprint density at radius 3 is 0.879 bits per heavy atom. The summed E-state index contributed by atoms with van der Waals surface area (Å²) in [7, 11) is 5.93. The third-order valence-corrected chi connectivity index (χ3v) is 15.9. The maximum absolute atomic E-state index is 13.0. The number of carbonyl (C=O) groups excluding carboxylic acids is 3. The maximum atomic E-state index is 13.0. The van der Waals surface area contributed by atoms with Crippen molar-refractivity contribution < 1.29 is 42.9 Å². The smallest absolute Gasteiger partial charge is 0.306 e. The summed E-state index contributed by atoms with van der Waals surface area (Å²) in [4.78, 5) is 37.6. The molecule has 0 bridgehead atoms. The van der Waals surface area contributed by atoms with Crippen LogP contribution in [0.15, 0.2) is 134 Å². The molecule has 0 radical (unpaired) electrons. The average molecular weight is 1270 g/mol. The summed E-state index contributed by atoms with van der Waals surface area (Å²) in [6, 6.07) is 0. The summed E-state index contributed by atoms with van der Waals surface area (Å²) < 4.78 is 22.8. The first kappa shape index (κ1) is 86.4. The van der Waals surface area contributed by atoms with Crippen molar-refractivity contribution in [2.45, 2.75) is 322 Å². The second-order valence-electron chi connectivity index (χ2n) is 25.8. The number of aliphatic carboxylic acids is 1. The van der Waals surface area contributed by atoms with Gasteiger partial charge in [0.15, 0.2) is 12.4 Å². The number of unbranched alkanes of at least 4 members (excludes halogenated alkanes) is 31. The van der Waals surface area contributed by atoms with Gasteiger partial charge in [0.2, 0.25) is 0 Å². The third kappa shape index (κ3) is 72.7. The number of allylic oxidation sites excluding steroid dienone is 22. The van der Waals surface area contributed by atoms with Crippen LogP contribution in [0.25, 0.3) is 0 Å². The van der Waals surface area contributed by atoms with Crippen LogP contribution >= 0.6 is 0 Å². The molecule has 0 fully saturated rings. The molecule has 0 aliphatic rings. The summed E-state index contributed by atoms with van der Waals surface area (Å²) >= 11 is 0. The first-order chi connectivity index (χ1) is 44.6. The van der Waals surface area contributed by atoms with Crippen molar-refractivity contribution in [3.63, 3.8) is 0 Å².